The van der Waals surface area contributed by atoms with Gasteiger partial charge in [-0.1, -0.05) is 64.1 Å². The van der Waals surface area contributed by atoms with Crippen LogP contribution in [0.15, 0.2) is 36.4 Å². The van der Waals surface area contributed by atoms with Crippen LogP contribution in [0.1, 0.15) is 38.8 Å². The van der Waals surface area contributed by atoms with Crippen molar-refractivity contribution < 1.29 is 4.79 Å². The van der Waals surface area contributed by atoms with Gasteiger partial charge in [0.2, 0.25) is 0 Å². The van der Waals surface area contributed by atoms with Crippen molar-refractivity contribution in [1.82, 2.24) is 0 Å². The summed E-state index contributed by atoms with van der Waals surface area (Å²) in [7, 11) is 0. The molecule has 19 heavy (non-hydrogen) atoms. The molecule has 2 aromatic carbocycles. The summed E-state index contributed by atoms with van der Waals surface area (Å²) in [5.74, 6) is 0.0730. The number of fused-ring (bicyclic) bond motifs is 1. The van der Waals surface area contributed by atoms with E-state index in [0.717, 1.165) is 12.7 Å². The van der Waals surface area contributed by atoms with Crippen LogP contribution in [0.25, 0.3) is 10.8 Å². The van der Waals surface area contributed by atoms with E-state index in [9.17, 15) is 4.79 Å². The Morgan fingerprint density at radius 1 is 1.05 bits per heavy atom. The lowest BCUT2D eigenvalue weighted by atomic mass is 9.82. The molecule has 1 nitrogen and oxygen atoms in total. The quantitative estimate of drug-likeness (QED) is 0.736. The maximum absolute atomic E-state index is 10.9. The molecule has 0 heterocycles. The van der Waals surface area contributed by atoms with Crippen molar-refractivity contribution in [2.45, 2.75) is 39.5 Å². The van der Waals surface area contributed by atoms with E-state index in [-0.39, 0.29) is 11.3 Å². The van der Waals surface area contributed by atoms with E-state index in [1.807, 2.05) is 6.92 Å². The van der Waals surface area contributed by atoms with E-state index < -0.39 is 0 Å². The highest BCUT2D eigenvalue weighted by Crippen LogP contribution is 2.32. The summed E-state index contributed by atoms with van der Waals surface area (Å²) in [6.45, 7) is 8.69. The molecule has 2 rings (SSSR count). The fourth-order valence-electron chi connectivity index (χ4n) is 2.59. The summed E-state index contributed by atoms with van der Waals surface area (Å²) in [4.78, 5) is 10.9. The standard InChI is InChI=1S/C18H22O/c1-13(12-19)11-14-9-10-17(18(2,3)4)16-8-6-5-7-15(14)16/h5-10,12-13H,11H2,1-4H3. The molecule has 2 aromatic rings. The minimum Gasteiger partial charge on any atom is -0.303 e. The first-order valence-electron chi connectivity index (χ1n) is 6.90. The third-order valence-electron chi connectivity index (χ3n) is 3.60. The predicted molar refractivity (Wildman–Crippen MR) is 81.6 cm³/mol. The Kier molecular flexibility index (Phi) is 3.75. The summed E-state index contributed by atoms with van der Waals surface area (Å²) in [5, 5.41) is 2.59. The zero-order valence-corrected chi connectivity index (χ0v) is 12.2. The van der Waals surface area contributed by atoms with E-state index in [1.54, 1.807) is 0 Å². The third-order valence-corrected chi connectivity index (χ3v) is 3.60. The molecule has 0 spiro atoms. The fraction of sp³-hybridized carbons (Fsp3) is 0.389. The normalized spacial score (nSPS) is 13.5. The second kappa shape index (κ2) is 5.16. The van der Waals surface area contributed by atoms with Gasteiger partial charge in [0, 0.05) is 5.92 Å². The van der Waals surface area contributed by atoms with E-state index in [0.29, 0.717) is 0 Å². The van der Waals surface area contributed by atoms with Gasteiger partial charge in [-0.25, -0.2) is 0 Å². The Hall–Kier alpha value is -1.63. The molecule has 0 aromatic heterocycles. The maximum Gasteiger partial charge on any atom is 0.123 e. The smallest absolute Gasteiger partial charge is 0.123 e. The lowest BCUT2D eigenvalue weighted by molar-refractivity contribution is -0.110. The highest BCUT2D eigenvalue weighted by atomic mass is 16.1. The second-order valence-electron chi connectivity index (χ2n) is 6.39. The molecule has 1 heteroatoms. The van der Waals surface area contributed by atoms with Crippen LogP contribution >= 0.6 is 0 Å². The molecule has 1 unspecified atom stereocenters. The number of hydrogen-bond donors (Lipinski definition) is 0. The molecule has 0 aliphatic heterocycles. The molecular formula is C18H22O. The van der Waals surface area contributed by atoms with Crippen molar-refractivity contribution in [3.05, 3.63) is 47.5 Å². The van der Waals surface area contributed by atoms with Gasteiger partial charge in [-0.2, -0.15) is 0 Å². The van der Waals surface area contributed by atoms with Gasteiger partial charge in [-0.05, 0) is 33.7 Å². The van der Waals surface area contributed by atoms with E-state index >= 15 is 0 Å². The molecule has 0 N–H and O–H groups in total. The SMILES string of the molecule is CC(C=O)Cc1ccc(C(C)(C)C)c2ccccc12. The Morgan fingerprint density at radius 2 is 1.68 bits per heavy atom. The summed E-state index contributed by atoms with van der Waals surface area (Å²) in [5.41, 5.74) is 2.77. The van der Waals surface area contributed by atoms with Crippen LogP contribution in [0.4, 0.5) is 0 Å². The van der Waals surface area contributed by atoms with Gasteiger partial charge >= 0.3 is 0 Å². The zero-order valence-electron chi connectivity index (χ0n) is 12.2. The average molecular weight is 254 g/mol. The van der Waals surface area contributed by atoms with Gasteiger partial charge in [0.05, 0.1) is 0 Å². The van der Waals surface area contributed by atoms with Gasteiger partial charge in [-0.15, -0.1) is 0 Å². The number of rotatable bonds is 3. The predicted octanol–water partition coefficient (Wildman–Crippen LogP) is 4.51. The minimum atomic E-state index is 0.0730. The first-order valence-corrected chi connectivity index (χ1v) is 6.90. The monoisotopic (exact) mass is 254 g/mol. The molecule has 0 aliphatic rings. The average Bonchev–Trinajstić information content (AvgIpc) is 2.37. The van der Waals surface area contributed by atoms with Crippen LogP contribution in [-0.2, 0) is 16.6 Å². The molecule has 0 saturated heterocycles. The van der Waals surface area contributed by atoms with Crippen LogP contribution in [-0.4, -0.2) is 6.29 Å². The van der Waals surface area contributed by atoms with Gasteiger partial charge < -0.3 is 4.79 Å². The highest BCUT2D eigenvalue weighted by Gasteiger charge is 2.18. The molecule has 0 amide bonds. The minimum absolute atomic E-state index is 0.0730. The first-order chi connectivity index (χ1) is 8.93. The van der Waals surface area contributed by atoms with Crippen LogP contribution in [0, 0.1) is 5.92 Å². The Morgan fingerprint density at radius 3 is 2.26 bits per heavy atom. The fourth-order valence-corrected chi connectivity index (χ4v) is 2.59. The van der Waals surface area contributed by atoms with E-state index in [4.69, 9.17) is 0 Å². The Bertz CT molecular complexity index is 590. The molecule has 0 aliphatic carbocycles. The molecule has 1 atom stereocenters. The van der Waals surface area contributed by atoms with Gasteiger partial charge in [0.1, 0.15) is 6.29 Å². The van der Waals surface area contributed by atoms with Crippen LogP contribution < -0.4 is 0 Å². The van der Waals surface area contributed by atoms with Crippen LogP contribution in [0.2, 0.25) is 0 Å². The summed E-state index contributed by atoms with van der Waals surface area (Å²) in [6, 6.07) is 12.9. The second-order valence-corrected chi connectivity index (χ2v) is 6.39. The number of carbonyl (C=O) groups excluding carboxylic acids is 1. The number of aldehydes is 1. The number of benzene rings is 2. The topological polar surface area (TPSA) is 17.1 Å². The number of carbonyl (C=O) groups is 1. The lowest BCUT2D eigenvalue weighted by Crippen LogP contribution is -2.12. The van der Waals surface area contributed by atoms with Crippen molar-refractivity contribution in [3.63, 3.8) is 0 Å². The van der Waals surface area contributed by atoms with Crippen molar-refractivity contribution >= 4 is 17.1 Å². The summed E-state index contributed by atoms with van der Waals surface area (Å²) in [6.07, 6.45) is 1.85. The molecule has 0 saturated carbocycles. The zero-order chi connectivity index (χ0) is 14.0. The van der Waals surface area contributed by atoms with Gasteiger partial charge in [0.15, 0.2) is 0 Å². The Labute approximate surface area is 115 Å². The molecule has 0 radical (unpaired) electrons. The third kappa shape index (κ3) is 2.86. The van der Waals surface area contributed by atoms with Crippen LogP contribution in [0.3, 0.4) is 0 Å². The van der Waals surface area contributed by atoms with E-state index in [2.05, 4.69) is 57.2 Å². The van der Waals surface area contributed by atoms with Crippen molar-refractivity contribution in [2.24, 2.45) is 5.92 Å². The van der Waals surface area contributed by atoms with Gasteiger partial charge in [-0.3, -0.25) is 0 Å². The van der Waals surface area contributed by atoms with E-state index in [1.165, 1.54) is 21.9 Å². The molecular weight excluding hydrogens is 232 g/mol. The maximum atomic E-state index is 10.9. The number of hydrogen-bond acceptors (Lipinski definition) is 1. The Balaban J connectivity index is 2.62. The molecule has 0 fully saturated rings. The van der Waals surface area contributed by atoms with Crippen molar-refractivity contribution in [1.29, 1.82) is 0 Å². The van der Waals surface area contributed by atoms with Crippen molar-refractivity contribution in [2.75, 3.05) is 0 Å². The largest absolute Gasteiger partial charge is 0.303 e. The first kappa shape index (κ1) is 13.8. The molecule has 100 valence electrons. The summed E-state index contributed by atoms with van der Waals surface area (Å²) < 4.78 is 0. The van der Waals surface area contributed by atoms with Gasteiger partial charge in [0.25, 0.3) is 0 Å². The summed E-state index contributed by atoms with van der Waals surface area (Å²) >= 11 is 0. The highest BCUT2D eigenvalue weighted by molar-refractivity contribution is 5.89. The van der Waals surface area contributed by atoms with Crippen LogP contribution in [0.5, 0.6) is 0 Å². The molecule has 0 bridgehead atoms. The lowest BCUT2D eigenvalue weighted by Gasteiger charge is -2.23. The van der Waals surface area contributed by atoms with Crippen molar-refractivity contribution in [3.8, 4) is 0 Å².